The van der Waals surface area contributed by atoms with Gasteiger partial charge in [0.1, 0.15) is 5.82 Å². The maximum atomic E-state index is 12.4. The number of benzene rings is 1. The van der Waals surface area contributed by atoms with E-state index >= 15 is 0 Å². The molecule has 1 aromatic carbocycles. The molecule has 3 N–H and O–H groups in total. The van der Waals surface area contributed by atoms with Crippen LogP contribution in [0.2, 0.25) is 0 Å². The zero-order valence-corrected chi connectivity index (χ0v) is 10.6. The van der Waals surface area contributed by atoms with Crippen molar-refractivity contribution in [2.24, 2.45) is 0 Å². The summed E-state index contributed by atoms with van der Waals surface area (Å²) in [6.45, 7) is 0.0260. The Balaban J connectivity index is 1.89. The van der Waals surface area contributed by atoms with E-state index in [4.69, 9.17) is 0 Å². The number of aromatic amines is 2. The minimum Gasteiger partial charge on any atom is -0.349 e. The first-order chi connectivity index (χ1) is 9.84. The second-order valence-corrected chi connectivity index (χ2v) is 4.27. The van der Waals surface area contributed by atoms with Crippen LogP contribution in [0.5, 0.6) is 0 Å². The van der Waals surface area contributed by atoms with Gasteiger partial charge in [0.2, 0.25) is 5.91 Å². The number of carbonyl (C=O) groups is 1. The molecule has 0 saturated heterocycles. The first-order valence-corrected chi connectivity index (χ1v) is 5.91. The minimum atomic E-state index is -4.40. The maximum absolute atomic E-state index is 12.4. The van der Waals surface area contributed by atoms with Crippen molar-refractivity contribution >= 4 is 5.91 Å². The van der Waals surface area contributed by atoms with Gasteiger partial charge in [0.05, 0.1) is 18.5 Å². The van der Waals surface area contributed by atoms with E-state index in [-0.39, 0.29) is 18.8 Å². The van der Waals surface area contributed by atoms with Crippen LogP contribution in [0, 0.1) is 0 Å². The van der Waals surface area contributed by atoms with Gasteiger partial charge in [-0.05, 0) is 17.7 Å². The Bertz CT molecular complexity index is 673. The van der Waals surface area contributed by atoms with E-state index < -0.39 is 23.3 Å². The zero-order valence-electron chi connectivity index (χ0n) is 10.6. The molecule has 21 heavy (non-hydrogen) atoms. The maximum Gasteiger partial charge on any atom is 0.416 e. The lowest BCUT2D eigenvalue weighted by Gasteiger charge is -2.07. The molecule has 0 spiro atoms. The van der Waals surface area contributed by atoms with Gasteiger partial charge in [-0.1, -0.05) is 12.1 Å². The summed E-state index contributed by atoms with van der Waals surface area (Å²) in [6.07, 6.45) is -4.46. The third-order valence-electron chi connectivity index (χ3n) is 2.65. The fraction of sp³-hybridized carbons (Fsp3) is 0.250. The highest BCUT2D eigenvalue weighted by molar-refractivity contribution is 5.78. The van der Waals surface area contributed by atoms with Gasteiger partial charge >= 0.3 is 11.9 Å². The van der Waals surface area contributed by atoms with Crippen LogP contribution in [-0.4, -0.2) is 21.1 Å². The molecule has 0 aliphatic carbocycles. The van der Waals surface area contributed by atoms with Crippen molar-refractivity contribution < 1.29 is 18.0 Å². The van der Waals surface area contributed by atoms with Gasteiger partial charge in [0.25, 0.3) is 0 Å². The fourth-order valence-electron chi connectivity index (χ4n) is 1.63. The van der Waals surface area contributed by atoms with E-state index in [0.717, 1.165) is 12.1 Å². The number of aromatic nitrogens is 3. The molecule has 0 radical (unpaired) electrons. The molecule has 2 rings (SSSR count). The molecular weight excluding hydrogens is 289 g/mol. The number of nitrogens with zero attached hydrogens (tertiary/aromatic N) is 1. The second kappa shape index (κ2) is 5.81. The van der Waals surface area contributed by atoms with Gasteiger partial charge in [0, 0.05) is 0 Å². The standard InChI is InChI=1S/C12H11F3N4O2/c13-12(14,15)8-3-1-7(2-4-8)5-10(20)16-6-9-17-11(21)19-18-9/h1-4H,5-6H2,(H,16,20)(H2,17,18,19,21). The summed E-state index contributed by atoms with van der Waals surface area (Å²) < 4.78 is 37.1. The van der Waals surface area contributed by atoms with Crippen LogP contribution in [0.4, 0.5) is 13.2 Å². The van der Waals surface area contributed by atoms with E-state index in [0.29, 0.717) is 5.56 Å². The molecule has 1 heterocycles. The first-order valence-electron chi connectivity index (χ1n) is 5.91. The molecule has 1 aromatic heterocycles. The summed E-state index contributed by atoms with van der Waals surface area (Å²) in [5.74, 6) is -0.126. The lowest BCUT2D eigenvalue weighted by Crippen LogP contribution is -2.25. The van der Waals surface area contributed by atoms with E-state index in [1.54, 1.807) is 0 Å². The minimum absolute atomic E-state index is 0.0260. The SMILES string of the molecule is O=C(Cc1ccc(C(F)(F)F)cc1)NCc1n[nH]c(=O)[nH]1. The van der Waals surface area contributed by atoms with Crippen molar-refractivity contribution in [3.05, 3.63) is 51.7 Å². The first kappa shape index (κ1) is 14.8. The zero-order chi connectivity index (χ0) is 15.5. The van der Waals surface area contributed by atoms with Gasteiger partial charge in [-0.3, -0.25) is 9.78 Å². The highest BCUT2D eigenvalue weighted by Crippen LogP contribution is 2.29. The van der Waals surface area contributed by atoms with Gasteiger partial charge < -0.3 is 5.32 Å². The van der Waals surface area contributed by atoms with Crippen molar-refractivity contribution in [1.82, 2.24) is 20.5 Å². The van der Waals surface area contributed by atoms with Gasteiger partial charge in [-0.2, -0.15) is 18.3 Å². The third kappa shape index (κ3) is 4.20. The lowest BCUT2D eigenvalue weighted by molar-refractivity contribution is -0.137. The second-order valence-electron chi connectivity index (χ2n) is 4.27. The third-order valence-corrected chi connectivity index (χ3v) is 2.65. The molecule has 0 bridgehead atoms. The number of alkyl halides is 3. The van der Waals surface area contributed by atoms with Crippen molar-refractivity contribution in [2.45, 2.75) is 19.1 Å². The summed E-state index contributed by atoms with van der Waals surface area (Å²) in [4.78, 5) is 24.7. The number of H-pyrrole nitrogens is 2. The Kier molecular flexibility index (Phi) is 4.10. The topological polar surface area (TPSA) is 90.6 Å². The molecule has 0 aliphatic rings. The molecule has 0 atom stereocenters. The highest BCUT2D eigenvalue weighted by atomic mass is 19.4. The van der Waals surface area contributed by atoms with Crippen LogP contribution in [0.25, 0.3) is 0 Å². The van der Waals surface area contributed by atoms with E-state index in [1.807, 2.05) is 0 Å². The van der Waals surface area contributed by atoms with E-state index in [9.17, 15) is 22.8 Å². The number of amides is 1. The summed E-state index contributed by atoms with van der Waals surface area (Å²) in [5, 5.41) is 8.24. The normalized spacial score (nSPS) is 11.4. The number of rotatable bonds is 4. The van der Waals surface area contributed by atoms with Crippen LogP contribution < -0.4 is 11.0 Å². The molecule has 6 nitrogen and oxygen atoms in total. The summed E-state index contributed by atoms with van der Waals surface area (Å²) in [6, 6.07) is 4.35. The Morgan fingerprint density at radius 2 is 1.90 bits per heavy atom. The summed E-state index contributed by atoms with van der Waals surface area (Å²) >= 11 is 0. The number of nitrogens with one attached hydrogen (secondary N) is 3. The highest BCUT2D eigenvalue weighted by Gasteiger charge is 2.29. The molecular formula is C12H11F3N4O2. The number of carbonyl (C=O) groups excluding carboxylic acids is 1. The number of halogens is 3. The Morgan fingerprint density at radius 1 is 1.24 bits per heavy atom. The van der Waals surface area contributed by atoms with E-state index in [1.165, 1.54) is 12.1 Å². The summed E-state index contributed by atoms with van der Waals surface area (Å²) in [7, 11) is 0. The Labute approximate surface area is 116 Å². The molecule has 0 saturated carbocycles. The molecule has 0 fully saturated rings. The van der Waals surface area contributed by atoms with Crippen LogP contribution in [0.1, 0.15) is 17.0 Å². The van der Waals surface area contributed by atoms with Gasteiger partial charge in [0.15, 0.2) is 0 Å². The quantitative estimate of drug-likeness (QED) is 0.786. The predicted octanol–water partition coefficient (Wildman–Crippen LogP) is 0.976. The average molecular weight is 300 g/mol. The van der Waals surface area contributed by atoms with Crippen molar-refractivity contribution in [2.75, 3.05) is 0 Å². The molecule has 0 aliphatic heterocycles. The smallest absolute Gasteiger partial charge is 0.349 e. The van der Waals surface area contributed by atoms with Gasteiger partial charge in [-0.15, -0.1) is 0 Å². The van der Waals surface area contributed by atoms with Crippen molar-refractivity contribution in [3.8, 4) is 0 Å². The Morgan fingerprint density at radius 3 is 2.43 bits per heavy atom. The fourth-order valence-corrected chi connectivity index (χ4v) is 1.63. The van der Waals surface area contributed by atoms with Crippen LogP contribution in [0.15, 0.2) is 29.1 Å². The van der Waals surface area contributed by atoms with Crippen LogP contribution >= 0.6 is 0 Å². The van der Waals surface area contributed by atoms with Crippen molar-refractivity contribution in [3.63, 3.8) is 0 Å². The van der Waals surface area contributed by atoms with Crippen LogP contribution in [0.3, 0.4) is 0 Å². The van der Waals surface area contributed by atoms with Crippen molar-refractivity contribution in [1.29, 1.82) is 0 Å². The summed E-state index contributed by atoms with van der Waals surface area (Å²) in [5.41, 5.74) is -0.793. The van der Waals surface area contributed by atoms with Gasteiger partial charge in [-0.25, -0.2) is 9.89 Å². The molecule has 112 valence electrons. The number of hydrogen-bond acceptors (Lipinski definition) is 3. The average Bonchev–Trinajstić information content (AvgIpc) is 2.82. The largest absolute Gasteiger partial charge is 0.416 e. The van der Waals surface area contributed by atoms with E-state index in [2.05, 4.69) is 20.5 Å². The number of hydrogen-bond donors (Lipinski definition) is 3. The molecule has 2 aromatic rings. The molecule has 9 heteroatoms. The Hall–Kier alpha value is -2.58. The monoisotopic (exact) mass is 300 g/mol. The predicted molar refractivity (Wildman–Crippen MR) is 66.2 cm³/mol. The lowest BCUT2D eigenvalue weighted by atomic mass is 10.1. The van der Waals surface area contributed by atoms with Crippen LogP contribution in [-0.2, 0) is 23.9 Å². The molecule has 1 amide bonds. The molecule has 0 unspecified atom stereocenters.